The second kappa shape index (κ2) is 8.15. The van der Waals surface area contributed by atoms with Crippen molar-refractivity contribution in [3.8, 4) is 0 Å². The number of aryl methyl sites for hydroxylation is 1. The third-order valence-corrected chi connectivity index (χ3v) is 5.97. The van der Waals surface area contributed by atoms with Gasteiger partial charge in [-0.1, -0.05) is 43.2 Å². The Morgan fingerprint density at radius 2 is 2.04 bits per heavy atom. The molecule has 3 rings (SSSR count). The molecule has 23 heavy (non-hydrogen) atoms. The molecular weight excluding hydrogens is 278 g/mol. The van der Waals surface area contributed by atoms with Crippen LogP contribution in [0.4, 0.5) is 0 Å². The third-order valence-electron chi connectivity index (χ3n) is 5.97. The highest BCUT2D eigenvalue weighted by atomic mass is 14.6. The Labute approximate surface area is 142 Å². The van der Waals surface area contributed by atoms with Crippen molar-refractivity contribution in [1.82, 2.24) is 0 Å². The first kappa shape index (κ1) is 16.8. The summed E-state index contributed by atoms with van der Waals surface area (Å²) in [6, 6.07) is 7.78. The molecule has 2 aliphatic carbocycles. The van der Waals surface area contributed by atoms with E-state index in [4.69, 9.17) is 5.73 Å². The molecule has 2 N–H and O–H groups in total. The minimum atomic E-state index is 0.433. The zero-order chi connectivity index (χ0) is 16.1. The average Bonchev–Trinajstić information content (AvgIpc) is 3.00. The van der Waals surface area contributed by atoms with Crippen molar-refractivity contribution >= 4 is 0 Å². The fourth-order valence-corrected chi connectivity index (χ4v) is 4.53. The summed E-state index contributed by atoms with van der Waals surface area (Å²) in [7, 11) is 0. The van der Waals surface area contributed by atoms with Crippen molar-refractivity contribution < 1.29 is 0 Å². The van der Waals surface area contributed by atoms with Gasteiger partial charge in [0.15, 0.2) is 0 Å². The van der Waals surface area contributed by atoms with E-state index in [2.05, 4.69) is 37.3 Å². The molecule has 1 fully saturated rings. The molecule has 1 saturated carbocycles. The van der Waals surface area contributed by atoms with Crippen molar-refractivity contribution in [1.29, 1.82) is 0 Å². The van der Waals surface area contributed by atoms with E-state index in [0.717, 1.165) is 11.8 Å². The molecule has 2 unspecified atom stereocenters. The number of hydrogen-bond donors (Lipinski definition) is 1. The van der Waals surface area contributed by atoms with E-state index in [-0.39, 0.29) is 0 Å². The Balaban J connectivity index is 1.53. The minimum Gasteiger partial charge on any atom is -0.328 e. The van der Waals surface area contributed by atoms with Crippen LogP contribution in [0.5, 0.6) is 0 Å². The van der Waals surface area contributed by atoms with E-state index in [0.29, 0.717) is 6.04 Å². The SMILES string of the molecule is C/C=C\CCCC[C@@H]1CCc2cc(C3CCC(N)C3)ccc2C1. The van der Waals surface area contributed by atoms with Crippen molar-refractivity contribution in [2.24, 2.45) is 11.7 Å². The van der Waals surface area contributed by atoms with Gasteiger partial charge < -0.3 is 5.73 Å². The lowest BCUT2D eigenvalue weighted by Gasteiger charge is -2.26. The maximum atomic E-state index is 6.09. The zero-order valence-corrected chi connectivity index (χ0v) is 14.8. The van der Waals surface area contributed by atoms with Crippen molar-refractivity contribution in [3.05, 3.63) is 47.0 Å². The van der Waals surface area contributed by atoms with Gasteiger partial charge in [0.05, 0.1) is 0 Å². The van der Waals surface area contributed by atoms with Gasteiger partial charge in [0.1, 0.15) is 0 Å². The zero-order valence-electron chi connectivity index (χ0n) is 14.8. The summed E-state index contributed by atoms with van der Waals surface area (Å²) in [4.78, 5) is 0. The van der Waals surface area contributed by atoms with Gasteiger partial charge in [0.25, 0.3) is 0 Å². The number of benzene rings is 1. The smallest absolute Gasteiger partial charge is 0.00448 e. The molecule has 0 amide bonds. The molecular formula is C22H33N. The van der Waals surface area contributed by atoms with Crippen LogP contribution in [0.25, 0.3) is 0 Å². The number of unbranched alkanes of at least 4 members (excludes halogenated alkanes) is 2. The van der Waals surface area contributed by atoms with Crippen LogP contribution in [0, 0.1) is 5.92 Å². The normalized spacial score (nSPS) is 27.5. The molecule has 1 aromatic rings. The summed E-state index contributed by atoms with van der Waals surface area (Å²) in [5.74, 6) is 1.64. The third kappa shape index (κ3) is 4.47. The second-order valence-electron chi connectivity index (χ2n) is 7.76. The summed E-state index contributed by atoms with van der Waals surface area (Å²) in [6.07, 6.45) is 17.6. The Morgan fingerprint density at radius 3 is 2.83 bits per heavy atom. The van der Waals surface area contributed by atoms with Gasteiger partial charge in [-0.2, -0.15) is 0 Å². The summed E-state index contributed by atoms with van der Waals surface area (Å²) >= 11 is 0. The molecule has 0 spiro atoms. The van der Waals surface area contributed by atoms with E-state index >= 15 is 0 Å². The topological polar surface area (TPSA) is 26.0 Å². The highest BCUT2D eigenvalue weighted by molar-refractivity contribution is 5.36. The second-order valence-corrected chi connectivity index (χ2v) is 7.76. The van der Waals surface area contributed by atoms with Crippen LogP contribution in [-0.2, 0) is 12.8 Å². The van der Waals surface area contributed by atoms with Gasteiger partial charge in [-0.05, 0) is 86.8 Å². The number of fused-ring (bicyclic) bond motifs is 1. The lowest BCUT2D eigenvalue weighted by molar-refractivity contribution is 0.409. The van der Waals surface area contributed by atoms with Crippen LogP contribution in [0.1, 0.15) is 80.9 Å². The summed E-state index contributed by atoms with van der Waals surface area (Å²) in [5, 5.41) is 0. The van der Waals surface area contributed by atoms with Gasteiger partial charge in [-0.3, -0.25) is 0 Å². The van der Waals surface area contributed by atoms with Gasteiger partial charge in [-0.25, -0.2) is 0 Å². The summed E-state index contributed by atoms with van der Waals surface area (Å²) in [5.41, 5.74) is 10.9. The minimum absolute atomic E-state index is 0.433. The average molecular weight is 312 g/mol. The largest absolute Gasteiger partial charge is 0.328 e. The first-order valence-electron chi connectivity index (χ1n) is 9.74. The first-order valence-corrected chi connectivity index (χ1v) is 9.74. The number of hydrogen-bond acceptors (Lipinski definition) is 1. The lowest BCUT2D eigenvalue weighted by atomic mass is 9.80. The first-order chi connectivity index (χ1) is 11.3. The number of rotatable bonds is 6. The fraction of sp³-hybridized carbons (Fsp3) is 0.636. The molecule has 0 aromatic heterocycles. The number of allylic oxidation sites excluding steroid dienone is 2. The molecule has 0 radical (unpaired) electrons. The van der Waals surface area contributed by atoms with Crippen LogP contribution in [-0.4, -0.2) is 6.04 Å². The Hall–Kier alpha value is -1.08. The van der Waals surface area contributed by atoms with Crippen LogP contribution < -0.4 is 5.73 Å². The highest BCUT2D eigenvalue weighted by Gasteiger charge is 2.25. The predicted molar refractivity (Wildman–Crippen MR) is 99.8 cm³/mol. The molecule has 126 valence electrons. The van der Waals surface area contributed by atoms with Crippen LogP contribution in [0.3, 0.4) is 0 Å². The lowest BCUT2D eigenvalue weighted by Crippen LogP contribution is -2.16. The van der Waals surface area contributed by atoms with Crippen LogP contribution in [0.15, 0.2) is 30.4 Å². The Bertz CT molecular complexity index is 531. The van der Waals surface area contributed by atoms with Gasteiger partial charge in [-0.15, -0.1) is 0 Å². The Morgan fingerprint density at radius 1 is 1.13 bits per heavy atom. The maximum absolute atomic E-state index is 6.09. The fourth-order valence-electron chi connectivity index (χ4n) is 4.53. The monoisotopic (exact) mass is 311 g/mol. The van der Waals surface area contributed by atoms with E-state index in [1.165, 1.54) is 64.2 Å². The van der Waals surface area contributed by atoms with Gasteiger partial charge in [0, 0.05) is 6.04 Å². The molecule has 2 aliphatic rings. The number of nitrogens with two attached hydrogens (primary N) is 1. The molecule has 0 bridgehead atoms. The summed E-state index contributed by atoms with van der Waals surface area (Å²) in [6.45, 7) is 2.12. The molecule has 0 heterocycles. The highest BCUT2D eigenvalue weighted by Crippen LogP contribution is 2.36. The maximum Gasteiger partial charge on any atom is 0.00448 e. The molecule has 3 atom stereocenters. The molecule has 1 nitrogen and oxygen atoms in total. The quantitative estimate of drug-likeness (QED) is 0.543. The van der Waals surface area contributed by atoms with Crippen molar-refractivity contribution in [2.45, 2.75) is 83.1 Å². The molecule has 0 aliphatic heterocycles. The van der Waals surface area contributed by atoms with E-state index in [9.17, 15) is 0 Å². The van der Waals surface area contributed by atoms with E-state index < -0.39 is 0 Å². The van der Waals surface area contributed by atoms with Gasteiger partial charge in [0.2, 0.25) is 0 Å². The molecule has 1 aromatic carbocycles. The van der Waals surface area contributed by atoms with Crippen molar-refractivity contribution in [2.75, 3.05) is 0 Å². The predicted octanol–water partition coefficient (Wildman–Crippen LogP) is 5.52. The molecule has 0 saturated heterocycles. The van der Waals surface area contributed by atoms with Crippen molar-refractivity contribution in [3.63, 3.8) is 0 Å². The van der Waals surface area contributed by atoms with Gasteiger partial charge >= 0.3 is 0 Å². The standard InChI is InChI=1S/C22H33N/c1-2-3-4-5-6-7-17-8-9-19-15-20(11-10-18(19)14-17)21-12-13-22(23)16-21/h2-3,10-11,15,17,21-22H,4-9,12-14,16,23H2,1H3/b3-2-/t17-,21?,22?/m1/s1. The Kier molecular flexibility index (Phi) is 5.94. The summed E-state index contributed by atoms with van der Waals surface area (Å²) < 4.78 is 0. The van der Waals surface area contributed by atoms with Crippen LogP contribution in [0.2, 0.25) is 0 Å². The molecule has 1 heteroatoms. The van der Waals surface area contributed by atoms with E-state index in [1.807, 2.05) is 0 Å². The van der Waals surface area contributed by atoms with E-state index in [1.54, 1.807) is 16.7 Å². The van der Waals surface area contributed by atoms with Crippen LogP contribution >= 0.6 is 0 Å².